The Hall–Kier alpha value is -3.26. The summed E-state index contributed by atoms with van der Waals surface area (Å²) in [5.74, 6) is 0. The zero-order valence-electron chi connectivity index (χ0n) is 18.5. The van der Waals surface area contributed by atoms with Gasteiger partial charge in [-0.3, -0.25) is 0 Å². The quantitative estimate of drug-likeness (QED) is 0.366. The van der Waals surface area contributed by atoms with Crippen LogP contribution in [-0.2, 0) is 20.5 Å². The summed E-state index contributed by atoms with van der Waals surface area (Å²) in [5, 5.41) is 0. The maximum atomic E-state index is 2.42. The molecule has 0 spiro atoms. The molecule has 30 heavy (non-hydrogen) atoms. The number of nitrogens with zero attached hydrogens (tertiary/aromatic N) is 2. The molecule has 0 bridgehead atoms. The van der Waals surface area contributed by atoms with Crippen LogP contribution in [0.1, 0.15) is 27.8 Å². The van der Waals surface area contributed by atoms with Crippen molar-refractivity contribution in [2.24, 2.45) is 14.1 Å². The molecule has 0 saturated carbocycles. The molecule has 2 aromatic carbocycles. The van der Waals surface area contributed by atoms with E-state index in [0.29, 0.717) is 0 Å². The number of fused-ring (bicyclic) bond motifs is 3. The van der Waals surface area contributed by atoms with Gasteiger partial charge in [0.25, 0.3) is 11.4 Å². The van der Waals surface area contributed by atoms with Crippen LogP contribution in [0, 0.1) is 20.8 Å². The summed E-state index contributed by atoms with van der Waals surface area (Å²) in [4.78, 5) is 0. The molecule has 0 N–H and O–H groups in total. The van der Waals surface area contributed by atoms with E-state index in [4.69, 9.17) is 0 Å². The topological polar surface area (TPSA) is 7.76 Å². The van der Waals surface area contributed by atoms with Gasteiger partial charge >= 0.3 is 0 Å². The van der Waals surface area contributed by atoms with Crippen LogP contribution in [0.25, 0.3) is 33.8 Å². The Kier molecular flexibility index (Phi) is 4.32. The lowest BCUT2D eigenvalue weighted by Crippen LogP contribution is -2.40. The van der Waals surface area contributed by atoms with E-state index in [1.54, 1.807) is 0 Å². The van der Waals surface area contributed by atoms with E-state index < -0.39 is 0 Å². The van der Waals surface area contributed by atoms with Crippen LogP contribution in [-0.4, -0.2) is 0 Å². The fraction of sp³-hybridized carbons (Fsp3) is 0.214. The fourth-order valence-electron chi connectivity index (χ4n) is 4.97. The average molecular weight is 393 g/mol. The molecule has 0 fully saturated rings. The Morgan fingerprint density at radius 3 is 2.30 bits per heavy atom. The SMILES string of the molecule is Cc1cc(C)c(C)c(-c2cc3c(c(-c4cccc[n+]4C)[n+]2C)-c2ccccc2C3)c1. The third-order valence-electron chi connectivity index (χ3n) is 6.62. The van der Waals surface area contributed by atoms with Crippen molar-refractivity contribution >= 4 is 0 Å². The van der Waals surface area contributed by atoms with Crippen molar-refractivity contribution < 1.29 is 9.13 Å². The Morgan fingerprint density at radius 2 is 1.50 bits per heavy atom. The highest BCUT2D eigenvalue weighted by molar-refractivity contribution is 5.86. The molecule has 5 rings (SSSR count). The van der Waals surface area contributed by atoms with Gasteiger partial charge in [-0.25, -0.2) is 0 Å². The van der Waals surface area contributed by atoms with Crippen LogP contribution in [0.4, 0.5) is 0 Å². The average Bonchev–Trinajstić information content (AvgIpc) is 3.09. The molecule has 4 aromatic rings. The van der Waals surface area contributed by atoms with Gasteiger partial charge in [0.15, 0.2) is 6.20 Å². The Bertz CT molecular complexity index is 1310. The largest absolute Gasteiger partial charge is 0.285 e. The van der Waals surface area contributed by atoms with Crippen molar-refractivity contribution in [3.05, 3.63) is 94.7 Å². The van der Waals surface area contributed by atoms with E-state index in [-0.39, 0.29) is 0 Å². The third-order valence-corrected chi connectivity index (χ3v) is 6.62. The Labute approximate surface area is 179 Å². The first kappa shape index (κ1) is 18.7. The lowest BCUT2D eigenvalue weighted by Gasteiger charge is -2.13. The van der Waals surface area contributed by atoms with Gasteiger partial charge in [-0.2, -0.15) is 9.13 Å². The van der Waals surface area contributed by atoms with Crippen LogP contribution >= 0.6 is 0 Å². The number of rotatable bonds is 2. The molecular weight excluding hydrogens is 364 g/mol. The summed E-state index contributed by atoms with van der Waals surface area (Å²) in [7, 11) is 4.35. The van der Waals surface area contributed by atoms with Gasteiger partial charge in [-0.05, 0) is 67.1 Å². The molecule has 0 atom stereocenters. The Morgan fingerprint density at radius 1 is 0.733 bits per heavy atom. The lowest BCUT2D eigenvalue weighted by atomic mass is 9.94. The van der Waals surface area contributed by atoms with Gasteiger partial charge in [-0.1, -0.05) is 35.9 Å². The highest BCUT2D eigenvalue weighted by Crippen LogP contribution is 2.42. The van der Waals surface area contributed by atoms with Crippen LogP contribution < -0.4 is 9.13 Å². The van der Waals surface area contributed by atoms with Gasteiger partial charge in [0.1, 0.15) is 14.1 Å². The molecule has 2 aromatic heterocycles. The number of aryl methyl sites for hydroxylation is 3. The van der Waals surface area contributed by atoms with Crippen LogP contribution in [0.5, 0.6) is 0 Å². The molecule has 0 radical (unpaired) electrons. The second-order valence-corrected chi connectivity index (χ2v) is 8.62. The summed E-state index contributed by atoms with van der Waals surface area (Å²) in [6, 6.07) is 22.3. The second-order valence-electron chi connectivity index (χ2n) is 8.62. The first-order valence-electron chi connectivity index (χ1n) is 10.6. The number of hydrogen-bond acceptors (Lipinski definition) is 0. The van der Waals surface area contributed by atoms with Crippen LogP contribution in [0.2, 0.25) is 0 Å². The normalized spacial score (nSPS) is 12.0. The first-order valence-corrected chi connectivity index (χ1v) is 10.6. The fourth-order valence-corrected chi connectivity index (χ4v) is 4.97. The van der Waals surface area contributed by atoms with E-state index in [1.807, 2.05) is 0 Å². The highest BCUT2D eigenvalue weighted by atomic mass is 15.0. The summed E-state index contributed by atoms with van der Waals surface area (Å²) >= 11 is 0. The van der Waals surface area contributed by atoms with Gasteiger partial charge in [0, 0.05) is 23.8 Å². The molecule has 2 heteroatoms. The van der Waals surface area contributed by atoms with E-state index in [9.17, 15) is 0 Å². The molecule has 0 saturated heterocycles. The number of benzene rings is 2. The van der Waals surface area contributed by atoms with Crippen molar-refractivity contribution in [3.63, 3.8) is 0 Å². The van der Waals surface area contributed by atoms with Gasteiger partial charge in [0.05, 0.1) is 5.56 Å². The summed E-state index contributed by atoms with van der Waals surface area (Å²) in [6.45, 7) is 6.65. The standard InChI is InChI=1S/C28H28N2/c1-18-14-19(2)20(3)24(15-18)26-17-22-16-21-10-6-7-11-23(21)27(22)28(30(26)5)25-12-8-9-13-29(25)4/h6-15,17H,16H2,1-5H3/q+2. The molecule has 1 aliphatic carbocycles. The van der Waals surface area contributed by atoms with Crippen molar-refractivity contribution in [1.29, 1.82) is 0 Å². The molecule has 148 valence electrons. The summed E-state index contributed by atoms with van der Waals surface area (Å²) in [6.07, 6.45) is 3.13. The predicted octanol–water partition coefficient (Wildman–Crippen LogP) is 5.17. The van der Waals surface area contributed by atoms with Crippen LogP contribution in [0.15, 0.2) is 66.9 Å². The minimum Gasteiger partial charge on any atom is -0.196 e. The van der Waals surface area contributed by atoms with Gasteiger partial charge in [-0.15, -0.1) is 0 Å². The number of hydrogen-bond donors (Lipinski definition) is 0. The van der Waals surface area contributed by atoms with Crippen molar-refractivity contribution in [2.75, 3.05) is 0 Å². The summed E-state index contributed by atoms with van der Waals surface area (Å²) < 4.78 is 4.63. The van der Waals surface area contributed by atoms with E-state index in [2.05, 4.69) is 111 Å². The maximum Gasteiger partial charge on any atom is 0.285 e. The van der Waals surface area contributed by atoms with Crippen LogP contribution in [0.3, 0.4) is 0 Å². The lowest BCUT2D eigenvalue weighted by molar-refractivity contribution is -0.685. The van der Waals surface area contributed by atoms with Crippen molar-refractivity contribution in [2.45, 2.75) is 27.2 Å². The highest BCUT2D eigenvalue weighted by Gasteiger charge is 2.35. The molecule has 0 unspecified atom stereocenters. The summed E-state index contributed by atoms with van der Waals surface area (Å²) in [5.41, 5.74) is 14.7. The van der Waals surface area contributed by atoms with Gasteiger partial charge < -0.3 is 0 Å². The van der Waals surface area contributed by atoms with E-state index in [1.165, 1.54) is 61.6 Å². The zero-order valence-corrected chi connectivity index (χ0v) is 18.5. The first-order chi connectivity index (χ1) is 14.5. The number of aromatic nitrogens is 2. The van der Waals surface area contributed by atoms with Crippen molar-refractivity contribution in [3.8, 4) is 33.8 Å². The minimum atomic E-state index is 0.993. The minimum absolute atomic E-state index is 0.993. The molecule has 1 aliphatic rings. The Balaban J connectivity index is 1.90. The van der Waals surface area contributed by atoms with Crippen molar-refractivity contribution in [1.82, 2.24) is 0 Å². The van der Waals surface area contributed by atoms with Gasteiger partial charge in [0.2, 0.25) is 5.69 Å². The predicted molar refractivity (Wildman–Crippen MR) is 122 cm³/mol. The van der Waals surface area contributed by atoms with E-state index >= 15 is 0 Å². The molecular formula is C28H28N2+2. The zero-order chi connectivity index (χ0) is 21.0. The third kappa shape index (κ3) is 2.79. The molecule has 2 heterocycles. The van der Waals surface area contributed by atoms with E-state index in [0.717, 1.165) is 6.42 Å². The maximum absolute atomic E-state index is 2.42. The second kappa shape index (κ2) is 6.91. The molecule has 0 amide bonds. The smallest absolute Gasteiger partial charge is 0.196 e. The molecule has 2 nitrogen and oxygen atoms in total. The number of pyridine rings is 2. The molecule has 0 aliphatic heterocycles. The monoisotopic (exact) mass is 392 g/mol.